The van der Waals surface area contributed by atoms with Crippen LogP contribution in [0.2, 0.25) is 0 Å². The molecule has 0 spiro atoms. The van der Waals surface area contributed by atoms with Crippen LogP contribution in [0.5, 0.6) is 0 Å². The molecule has 2 N–H and O–H groups in total. The van der Waals surface area contributed by atoms with Gasteiger partial charge in [0.05, 0.1) is 0 Å². The molecule has 0 aliphatic heterocycles. The Hall–Kier alpha value is -1.71. The highest BCUT2D eigenvalue weighted by Crippen LogP contribution is 2.11. The fraction of sp³-hybridized carbons (Fsp3) is 0.353. The van der Waals surface area contributed by atoms with Gasteiger partial charge in [-0.3, -0.25) is 4.98 Å². The molecule has 0 aliphatic rings. The van der Waals surface area contributed by atoms with Crippen molar-refractivity contribution >= 4 is 0 Å². The molecule has 3 nitrogen and oxygen atoms in total. The van der Waals surface area contributed by atoms with Crippen molar-refractivity contribution in [3.05, 3.63) is 66.0 Å². The van der Waals surface area contributed by atoms with Crippen LogP contribution in [0.25, 0.3) is 0 Å². The van der Waals surface area contributed by atoms with Gasteiger partial charge >= 0.3 is 0 Å². The number of benzene rings is 1. The molecule has 2 rings (SSSR count). The predicted molar refractivity (Wildman–Crippen MR) is 83.4 cm³/mol. The van der Waals surface area contributed by atoms with Crippen molar-refractivity contribution in [3.63, 3.8) is 0 Å². The molecule has 0 unspecified atom stereocenters. The third-order valence-corrected chi connectivity index (χ3v) is 3.60. The highest BCUT2D eigenvalue weighted by atomic mass is 15.1. The molecular weight excluding hydrogens is 246 g/mol. The molecule has 20 heavy (non-hydrogen) atoms. The molecule has 1 aromatic carbocycles. The first kappa shape index (κ1) is 14.7. The lowest BCUT2D eigenvalue weighted by molar-refractivity contribution is 0.274. The van der Waals surface area contributed by atoms with E-state index >= 15 is 0 Å². The maximum atomic E-state index is 6.29. The average molecular weight is 269 g/mol. The van der Waals surface area contributed by atoms with E-state index in [1.165, 1.54) is 11.1 Å². The van der Waals surface area contributed by atoms with E-state index in [9.17, 15) is 0 Å². The van der Waals surface area contributed by atoms with Crippen LogP contribution < -0.4 is 5.73 Å². The van der Waals surface area contributed by atoms with Crippen molar-refractivity contribution in [2.24, 2.45) is 5.73 Å². The lowest BCUT2D eigenvalue weighted by Crippen LogP contribution is -2.33. The summed E-state index contributed by atoms with van der Waals surface area (Å²) < 4.78 is 0. The highest BCUT2D eigenvalue weighted by molar-refractivity contribution is 5.18. The highest BCUT2D eigenvalue weighted by Gasteiger charge is 2.10. The monoisotopic (exact) mass is 269 g/mol. The molecule has 106 valence electrons. The molecule has 0 radical (unpaired) electrons. The van der Waals surface area contributed by atoms with E-state index in [0.717, 1.165) is 26.1 Å². The largest absolute Gasteiger partial charge is 0.323 e. The second-order valence-corrected chi connectivity index (χ2v) is 5.02. The molecule has 1 heterocycles. The van der Waals surface area contributed by atoms with E-state index in [-0.39, 0.29) is 6.04 Å². The Bertz CT molecular complexity index is 484. The van der Waals surface area contributed by atoms with Gasteiger partial charge in [0.25, 0.3) is 0 Å². The third-order valence-electron chi connectivity index (χ3n) is 3.60. The minimum atomic E-state index is 0.0774. The van der Waals surface area contributed by atoms with Crippen molar-refractivity contribution in [1.29, 1.82) is 0 Å². The van der Waals surface area contributed by atoms with Crippen molar-refractivity contribution in [2.75, 3.05) is 19.6 Å². The van der Waals surface area contributed by atoms with E-state index in [1.54, 1.807) is 0 Å². The molecule has 0 aliphatic carbocycles. The quantitative estimate of drug-likeness (QED) is 0.840. The maximum Gasteiger partial charge on any atom is 0.0424 e. The van der Waals surface area contributed by atoms with Crippen LogP contribution in [0.3, 0.4) is 0 Å². The topological polar surface area (TPSA) is 42.2 Å². The van der Waals surface area contributed by atoms with Crippen molar-refractivity contribution in [3.8, 4) is 0 Å². The minimum Gasteiger partial charge on any atom is -0.323 e. The second kappa shape index (κ2) is 7.78. The first-order valence-electron chi connectivity index (χ1n) is 7.21. The summed E-state index contributed by atoms with van der Waals surface area (Å²) in [5.74, 6) is 0. The van der Waals surface area contributed by atoms with Crippen molar-refractivity contribution in [1.82, 2.24) is 9.88 Å². The number of likely N-dealkylation sites (N-methyl/N-ethyl adjacent to an activating group) is 1. The number of pyridine rings is 1. The standard InChI is InChI=1S/C17H23N3/c1-2-20(13-10-15-8-11-19-12-9-15)14-17(18)16-6-4-3-5-7-16/h3-9,11-12,17H,2,10,13-14,18H2,1H3/t17-/m1/s1. The second-order valence-electron chi connectivity index (χ2n) is 5.02. The van der Waals surface area contributed by atoms with Gasteiger partial charge in [0.2, 0.25) is 0 Å². The Kier molecular flexibility index (Phi) is 5.71. The van der Waals surface area contributed by atoms with Crippen molar-refractivity contribution in [2.45, 2.75) is 19.4 Å². The molecule has 0 saturated carbocycles. The Morgan fingerprint density at radius 3 is 2.45 bits per heavy atom. The Morgan fingerprint density at radius 1 is 1.10 bits per heavy atom. The minimum absolute atomic E-state index is 0.0774. The molecule has 2 aromatic rings. The summed E-state index contributed by atoms with van der Waals surface area (Å²) in [5, 5.41) is 0. The molecule has 1 atom stereocenters. The molecule has 1 aromatic heterocycles. The smallest absolute Gasteiger partial charge is 0.0424 e. The Balaban J connectivity index is 1.86. The normalized spacial score (nSPS) is 12.6. The van der Waals surface area contributed by atoms with Crippen LogP contribution in [-0.4, -0.2) is 29.5 Å². The van der Waals surface area contributed by atoms with Gasteiger partial charge in [-0.25, -0.2) is 0 Å². The Morgan fingerprint density at radius 2 is 1.80 bits per heavy atom. The summed E-state index contributed by atoms with van der Waals surface area (Å²) in [5.41, 5.74) is 8.82. The van der Waals surface area contributed by atoms with Crippen LogP contribution in [0.15, 0.2) is 54.9 Å². The number of hydrogen-bond acceptors (Lipinski definition) is 3. The molecule has 0 fully saturated rings. The van der Waals surface area contributed by atoms with Crippen LogP contribution in [-0.2, 0) is 6.42 Å². The first-order valence-corrected chi connectivity index (χ1v) is 7.21. The molecule has 0 saturated heterocycles. The number of hydrogen-bond donors (Lipinski definition) is 1. The van der Waals surface area contributed by atoms with E-state index < -0.39 is 0 Å². The fourth-order valence-corrected chi connectivity index (χ4v) is 2.30. The van der Waals surface area contributed by atoms with E-state index in [4.69, 9.17) is 5.73 Å². The zero-order valence-corrected chi connectivity index (χ0v) is 12.1. The van der Waals surface area contributed by atoms with Gasteiger partial charge in [0, 0.05) is 31.5 Å². The number of nitrogens with zero attached hydrogens (tertiary/aromatic N) is 2. The van der Waals surface area contributed by atoms with Gasteiger partial charge in [-0.2, -0.15) is 0 Å². The van der Waals surface area contributed by atoms with Gasteiger partial charge in [-0.15, -0.1) is 0 Å². The fourth-order valence-electron chi connectivity index (χ4n) is 2.30. The van der Waals surface area contributed by atoms with Gasteiger partial charge in [-0.1, -0.05) is 37.3 Å². The van der Waals surface area contributed by atoms with E-state index in [2.05, 4.69) is 41.1 Å². The summed E-state index contributed by atoms with van der Waals surface area (Å²) in [6, 6.07) is 14.5. The zero-order chi connectivity index (χ0) is 14.2. The van der Waals surface area contributed by atoms with Crippen LogP contribution in [0, 0.1) is 0 Å². The predicted octanol–water partition coefficient (Wildman–Crippen LogP) is 2.65. The average Bonchev–Trinajstić information content (AvgIpc) is 2.53. The molecule has 0 bridgehead atoms. The summed E-state index contributed by atoms with van der Waals surface area (Å²) in [6.45, 7) is 5.13. The molecule has 3 heteroatoms. The molecule has 0 amide bonds. The summed E-state index contributed by atoms with van der Waals surface area (Å²) in [7, 11) is 0. The van der Waals surface area contributed by atoms with Gasteiger partial charge in [0.15, 0.2) is 0 Å². The van der Waals surface area contributed by atoms with Gasteiger partial charge < -0.3 is 10.6 Å². The number of rotatable bonds is 7. The number of nitrogens with two attached hydrogens (primary N) is 1. The van der Waals surface area contributed by atoms with Gasteiger partial charge in [-0.05, 0) is 36.2 Å². The maximum absolute atomic E-state index is 6.29. The number of aromatic nitrogens is 1. The Labute approximate surface area is 121 Å². The van der Waals surface area contributed by atoms with Gasteiger partial charge in [0.1, 0.15) is 0 Å². The third kappa shape index (κ3) is 4.44. The summed E-state index contributed by atoms with van der Waals surface area (Å²) >= 11 is 0. The lowest BCUT2D eigenvalue weighted by Gasteiger charge is -2.24. The van der Waals surface area contributed by atoms with Crippen molar-refractivity contribution < 1.29 is 0 Å². The summed E-state index contributed by atoms with van der Waals surface area (Å²) in [4.78, 5) is 6.45. The lowest BCUT2D eigenvalue weighted by atomic mass is 10.1. The summed E-state index contributed by atoms with van der Waals surface area (Å²) in [6.07, 6.45) is 4.74. The van der Waals surface area contributed by atoms with Crippen LogP contribution in [0.1, 0.15) is 24.1 Å². The first-order chi connectivity index (χ1) is 9.79. The molecular formula is C17H23N3. The zero-order valence-electron chi connectivity index (χ0n) is 12.1. The van der Waals surface area contributed by atoms with Crippen LogP contribution >= 0.6 is 0 Å². The van der Waals surface area contributed by atoms with Crippen LogP contribution in [0.4, 0.5) is 0 Å². The van der Waals surface area contributed by atoms with E-state index in [1.807, 2.05) is 30.6 Å². The SMILES string of the molecule is CCN(CCc1ccncc1)C[C@@H](N)c1ccccc1. The van der Waals surface area contributed by atoms with E-state index in [0.29, 0.717) is 0 Å².